The zero-order valence-electron chi connectivity index (χ0n) is 30.8. The Morgan fingerprint density at radius 1 is 0.351 bits per heavy atom. The molecule has 0 saturated carbocycles. The van der Waals surface area contributed by atoms with Crippen LogP contribution in [0.3, 0.4) is 0 Å². The minimum Gasteiger partial charge on any atom is -0.255 e. The van der Waals surface area contributed by atoms with E-state index in [4.69, 9.17) is 15.0 Å². The van der Waals surface area contributed by atoms with Crippen molar-refractivity contribution in [1.29, 1.82) is 0 Å². The largest absolute Gasteiger partial charge is 0.255 e. The second-order valence-corrected chi connectivity index (χ2v) is 15.5. The van der Waals surface area contributed by atoms with Crippen LogP contribution in [0.5, 0.6) is 0 Å². The van der Waals surface area contributed by atoms with Crippen molar-refractivity contribution in [2.24, 2.45) is 0 Å². The van der Waals surface area contributed by atoms with E-state index in [9.17, 15) is 0 Å². The Kier molecular flexibility index (Phi) is 8.01. The number of benzene rings is 8. The zero-order chi connectivity index (χ0) is 37.7. The molecule has 11 rings (SSSR count). The van der Waals surface area contributed by atoms with Crippen molar-refractivity contribution in [3.05, 3.63) is 200 Å². The quantitative estimate of drug-likeness (QED) is 0.159. The van der Waals surface area contributed by atoms with Gasteiger partial charge in [0.2, 0.25) is 0 Å². The van der Waals surface area contributed by atoms with Gasteiger partial charge >= 0.3 is 0 Å². The average Bonchev–Trinajstić information content (AvgIpc) is 3.68. The van der Waals surface area contributed by atoms with Crippen molar-refractivity contribution in [1.82, 2.24) is 15.0 Å². The fourth-order valence-electron chi connectivity index (χ4n) is 8.16. The van der Waals surface area contributed by atoms with Crippen molar-refractivity contribution in [3.63, 3.8) is 0 Å². The van der Waals surface area contributed by atoms with E-state index in [1.54, 1.807) is 11.3 Å². The highest BCUT2D eigenvalue weighted by molar-refractivity contribution is 7.26. The lowest BCUT2D eigenvalue weighted by Gasteiger charge is -2.16. The van der Waals surface area contributed by atoms with Crippen LogP contribution in [0.25, 0.3) is 109 Å². The van der Waals surface area contributed by atoms with Crippen LogP contribution >= 0.6 is 11.3 Å². The summed E-state index contributed by atoms with van der Waals surface area (Å²) >= 11 is 1.80. The number of aromatic nitrogens is 3. The molecule has 0 fully saturated rings. The smallest absolute Gasteiger partial charge is 0.160 e. The van der Waals surface area contributed by atoms with Gasteiger partial charge in [-0.1, -0.05) is 146 Å². The van der Waals surface area contributed by atoms with Crippen molar-refractivity contribution < 1.29 is 0 Å². The maximum atomic E-state index is 5.39. The summed E-state index contributed by atoms with van der Waals surface area (Å²) in [6.07, 6.45) is 1.95. The van der Waals surface area contributed by atoms with E-state index >= 15 is 0 Å². The molecule has 0 aliphatic heterocycles. The van der Waals surface area contributed by atoms with Crippen molar-refractivity contribution >= 4 is 53.2 Å². The number of hydrogen-bond donors (Lipinski definition) is 0. The molecule has 0 bridgehead atoms. The molecule has 0 unspecified atom stereocenters. The van der Waals surface area contributed by atoms with E-state index in [0.29, 0.717) is 5.82 Å². The predicted octanol–water partition coefficient (Wildman–Crippen LogP) is 14.5. The Hall–Kier alpha value is -7.27. The van der Waals surface area contributed by atoms with E-state index in [0.717, 1.165) is 61.4 Å². The first-order valence-electron chi connectivity index (χ1n) is 19.2. The molecule has 3 aromatic heterocycles. The maximum Gasteiger partial charge on any atom is 0.160 e. The SMILES string of the molecule is c1ccc(-c2cccc(-c3nc(-c4ccccc4)cc(-c4cc(-c5cc6ccccc6c6ccccc56)cc(-c5ccnc6c5sc5ccccc56)c4)n3)c2)cc1. The fraction of sp³-hybridized carbons (Fsp3) is 0. The third kappa shape index (κ3) is 5.95. The van der Waals surface area contributed by atoms with Gasteiger partial charge in [-0.2, -0.15) is 0 Å². The third-order valence-corrected chi connectivity index (χ3v) is 12.1. The Morgan fingerprint density at radius 2 is 0.930 bits per heavy atom. The molecule has 0 N–H and O–H groups in total. The van der Waals surface area contributed by atoms with Gasteiger partial charge in [0.15, 0.2) is 5.82 Å². The first-order valence-corrected chi connectivity index (χ1v) is 20.0. The van der Waals surface area contributed by atoms with Crippen LogP contribution < -0.4 is 0 Å². The Bertz CT molecular complexity index is 3300. The normalized spacial score (nSPS) is 11.5. The predicted molar refractivity (Wildman–Crippen MR) is 240 cm³/mol. The van der Waals surface area contributed by atoms with E-state index in [1.165, 1.54) is 41.9 Å². The standard InChI is InChI=1S/C53H33N3S/c1-3-14-34(15-4-1)36-19-13-20-38(28-36)53-55-48(35-16-5-2-6-17-35)33-49(56-53)41-30-39(43-26-27-54-51-46-24-11-12-25-50(46)57-52(43)51)29-40(31-41)47-32-37-18-7-8-21-42(37)44-22-9-10-23-45(44)47/h1-33H. The summed E-state index contributed by atoms with van der Waals surface area (Å²) < 4.78 is 2.41. The molecule has 3 nitrogen and oxygen atoms in total. The molecule has 266 valence electrons. The van der Waals surface area contributed by atoms with Gasteiger partial charge in [-0.15, -0.1) is 11.3 Å². The molecule has 0 saturated heterocycles. The molecule has 3 heterocycles. The van der Waals surface area contributed by atoms with Gasteiger partial charge in [0, 0.05) is 38.5 Å². The number of rotatable bonds is 6. The third-order valence-electron chi connectivity index (χ3n) is 10.9. The highest BCUT2D eigenvalue weighted by atomic mass is 32.1. The van der Waals surface area contributed by atoms with Gasteiger partial charge in [-0.05, 0) is 97.9 Å². The summed E-state index contributed by atoms with van der Waals surface area (Å²) in [5.74, 6) is 0.683. The van der Waals surface area contributed by atoms with E-state index < -0.39 is 0 Å². The molecule has 0 atom stereocenters. The minimum atomic E-state index is 0.683. The van der Waals surface area contributed by atoms with E-state index in [-0.39, 0.29) is 0 Å². The number of nitrogens with zero attached hydrogens (tertiary/aromatic N) is 3. The van der Waals surface area contributed by atoms with Crippen LogP contribution in [0.15, 0.2) is 200 Å². The van der Waals surface area contributed by atoms with Crippen LogP contribution in [-0.2, 0) is 0 Å². The zero-order valence-corrected chi connectivity index (χ0v) is 31.6. The molecular weight excluding hydrogens is 711 g/mol. The Balaban J connectivity index is 1.18. The minimum absolute atomic E-state index is 0.683. The van der Waals surface area contributed by atoms with Gasteiger partial charge in [-0.25, -0.2) is 9.97 Å². The number of pyridine rings is 1. The lowest BCUT2D eigenvalue weighted by Crippen LogP contribution is -1.97. The summed E-state index contributed by atoms with van der Waals surface area (Å²) in [7, 11) is 0. The van der Waals surface area contributed by atoms with Crippen molar-refractivity contribution in [3.8, 4) is 67.3 Å². The number of fused-ring (bicyclic) bond motifs is 6. The van der Waals surface area contributed by atoms with Crippen LogP contribution in [0.2, 0.25) is 0 Å². The van der Waals surface area contributed by atoms with Crippen LogP contribution in [0.1, 0.15) is 0 Å². The Morgan fingerprint density at radius 3 is 1.74 bits per heavy atom. The molecule has 0 aliphatic rings. The summed E-state index contributed by atoms with van der Waals surface area (Å²) in [5, 5.41) is 6.10. The molecule has 0 amide bonds. The van der Waals surface area contributed by atoms with Crippen LogP contribution in [0.4, 0.5) is 0 Å². The summed E-state index contributed by atoms with van der Waals surface area (Å²) in [5.41, 5.74) is 12.7. The maximum absolute atomic E-state index is 5.39. The summed E-state index contributed by atoms with van der Waals surface area (Å²) in [6.45, 7) is 0. The average molecular weight is 744 g/mol. The first-order chi connectivity index (χ1) is 28.2. The highest BCUT2D eigenvalue weighted by Crippen LogP contribution is 2.43. The summed E-state index contributed by atoms with van der Waals surface area (Å²) in [4.78, 5) is 15.5. The summed E-state index contributed by atoms with van der Waals surface area (Å²) in [6, 6.07) is 69.1. The van der Waals surface area contributed by atoms with E-state index in [1.807, 2.05) is 18.3 Å². The van der Waals surface area contributed by atoms with Crippen LogP contribution in [-0.4, -0.2) is 15.0 Å². The molecule has 8 aromatic carbocycles. The lowest BCUT2D eigenvalue weighted by molar-refractivity contribution is 1.18. The number of hydrogen-bond acceptors (Lipinski definition) is 4. The molecule has 0 aliphatic carbocycles. The molecule has 0 spiro atoms. The van der Waals surface area contributed by atoms with Crippen LogP contribution in [0, 0.1) is 0 Å². The van der Waals surface area contributed by atoms with E-state index in [2.05, 4.69) is 182 Å². The fourth-order valence-corrected chi connectivity index (χ4v) is 9.36. The highest BCUT2D eigenvalue weighted by Gasteiger charge is 2.18. The number of thiophene rings is 1. The second-order valence-electron chi connectivity index (χ2n) is 14.4. The van der Waals surface area contributed by atoms with Gasteiger partial charge < -0.3 is 0 Å². The van der Waals surface area contributed by atoms with Gasteiger partial charge in [0.1, 0.15) is 0 Å². The van der Waals surface area contributed by atoms with Crippen molar-refractivity contribution in [2.75, 3.05) is 0 Å². The molecule has 11 aromatic rings. The first kappa shape index (κ1) is 33.1. The van der Waals surface area contributed by atoms with Gasteiger partial charge in [-0.3, -0.25) is 4.98 Å². The Labute approximate surface area is 334 Å². The molecule has 4 heteroatoms. The van der Waals surface area contributed by atoms with Crippen molar-refractivity contribution in [2.45, 2.75) is 0 Å². The second kappa shape index (κ2) is 13.8. The molecular formula is C53H33N3S. The molecule has 0 radical (unpaired) electrons. The van der Waals surface area contributed by atoms with Gasteiger partial charge in [0.05, 0.1) is 21.6 Å². The topological polar surface area (TPSA) is 38.7 Å². The van der Waals surface area contributed by atoms with Gasteiger partial charge in [0.25, 0.3) is 0 Å². The monoisotopic (exact) mass is 743 g/mol. The lowest BCUT2D eigenvalue weighted by atomic mass is 9.90. The molecule has 57 heavy (non-hydrogen) atoms.